The molecule has 0 saturated heterocycles. The number of aromatic carboxylic acids is 1. The van der Waals surface area contributed by atoms with E-state index in [9.17, 15) is 24.9 Å². The van der Waals surface area contributed by atoms with Crippen LogP contribution in [0.25, 0.3) is 10.9 Å². The summed E-state index contributed by atoms with van der Waals surface area (Å²) in [6.07, 6.45) is 0. The van der Waals surface area contributed by atoms with Crippen LogP contribution >= 0.6 is 0 Å². The Kier molecular flexibility index (Phi) is 3.49. The van der Waals surface area contributed by atoms with Crippen LogP contribution in [0, 0.1) is 0 Å². The van der Waals surface area contributed by atoms with Crippen LogP contribution in [-0.2, 0) is 0 Å². The summed E-state index contributed by atoms with van der Waals surface area (Å²) in [6.45, 7) is 0. The first-order chi connectivity index (χ1) is 11.3. The number of carboxylic acids is 1. The number of ether oxygens (including phenoxy) is 1. The lowest BCUT2D eigenvalue weighted by molar-refractivity contribution is 0.0679. The molecule has 0 aliphatic carbocycles. The van der Waals surface area contributed by atoms with Crippen LogP contribution in [-0.4, -0.2) is 37.3 Å². The van der Waals surface area contributed by atoms with Gasteiger partial charge in [-0.2, -0.15) is 0 Å². The molecule has 0 aliphatic rings. The number of carboxylic acid groups (broad SMARTS) is 1. The summed E-state index contributed by atoms with van der Waals surface area (Å²) >= 11 is 0. The summed E-state index contributed by atoms with van der Waals surface area (Å²) in [7, 11) is 0. The van der Waals surface area contributed by atoms with Crippen molar-refractivity contribution in [2.75, 3.05) is 0 Å². The minimum Gasteiger partial charge on any atom is -0.508 e. The summed E-state index contributed by atoms with van der Waals surface area (Å²) in [5.41, 5.74) is 0.0237. The van der Waals surface area contributed by atoms with Gasteiger partial charge in [0, 0.05) is 11.5 Å². The van der Waals surface area contributed by atoms with Crippen molar-refractivity contribution in [1.29, 1.82) is 0 Å². The Balaban J connectivity index is 1.94. The predicted molar refractivity (Wildman–Crippen MR) is 81.7 cm³/mol. The van der Waals surface area contributed by atoms with E-state index in [1.165, 1.54) is 24.3 Å². The van der Waals surface area contributed by atoms with E-state index in [4.69, 9.17) is 9.84 Å². The van der Waals surface area contributed by atoms with Crippen LogP contribution < -0.4 is 4.74 Å². The second-order valence-corrected chi connectivity index (χ2v) is 4.99. The van der Waals surface area contributed by atoms with Crippen molar-refractivity contribution in [2.45, 2.75) is 0 Å². The Morgan fingerprint density at radius 2 is 1.67 bits per heavy atom. The number of benzene rings is 2. The van der Waals surface area contributed by atoms with E-state index in [1.807, 2.05) is 0 Å². The lowest BCUT2D eigenvalue weighted by atomic mass is 10.2. The number of rotatable bonds is 3. The quantitative estimate of drug-likeness (QED) is 0.282. The van der Waals surface area contributed by atoms with Crippen LogP contribution in [0.2, 0.25) is 0 Å². The zero-order valence-corrected chi connectivity index (χ0v) is 12.0. The Morgan fingerprint density at radius 3 is 2.38 bits per heavy atom. The van der Waals surface area contributed by atoms with E-state index in [2.05, 4.69) is 4.98 Å². The number of fused-ring (bicyclic) bond motifs is 1. The minimum atomic E-state index is -1.36. The average molecular weight is 329 g/mol. The molecule has 0 unspecified atom stereocenters. The molecular formula is C16H11NO7. The van der Waals surface area contributed by atoms with Gasteiger partial charge in [0.1, 0.15) is 22.8 Å². The van der Waals surface area contributed by atoms with Gasteiger partial charge < -0.3 is 30.1 Å². The number of phenolic OH excluding ortho intramolecular Hbond substituents is 3. The van der Waals surface area contributed by atoms with Crippen LogP contribution in [0.5, 0.6) is 23.0 Å². The lowest BCUT2D eigenvalue weighted by Crippen LogP contribution is -2.11. The molecule has 0 atom stereocenters. The molecule has 0 fully saturated rings. The van der Waals surface area contributed by atoms with E-state index in [0.717, 1.165) is 12.1 Å². The van der Waals surface area contributed by atoms with Gasteiger partial charge in [0.2, 0.25) is 0 Å². The van der Waals surface area contributed by atoms with Gasteiger partial charge in [0.25, 0.3) is 0 Å². The number of H-pyrrole nitrogens is 1. The van der Waals surface area contributed by atoms with Gasteiger partial charge in [-0.1, -0.05) is 0 Å². The maximum Gasteiger partial charge on any atom is 0.360 e. The lowest BCUT2D eigenvalue weighted by Gasteiger charge is -2.06. The van der Waals surface area contributed by atoms with Gasteiger partial charge in [-0.15, -0.1) is 0 Å². The first-order valence-electron chi connectivity index (χ1n) is 6.68. The van der Waals surface area contributed by atoms with Gasteiger partial charge in [-0.25, -0.2) is 9.59 Å². The van der Waals surface area contributed by atoms with E-state index in [1.54, 1.807) is 0 Å². The summed E-state index contributed by atoms with van der Waals surface area (Å²) < 4.78 is 5.05. The molecule has 8 nitrogen and oxygen atoms in total. The molecular weight excluding hydrogens is 318 g/mol. The molecule has 0 saturated carbocycles. The van der Waals surface area contributed by atoms with E-state index in [0.29, 0.717) is 10.9 Å². The van der Waals surface area contributed by atoms with Gasteiger partial charge in [0.05, 0.1) is 5.52 Å². The van der Waals surface area contributed by atoms with Crippen molar-refractivity contribution >= 4 is 22.8 Å². The number of aromatic hydroxyl groups is 3. The van der Waals surface area contributed by atoms with Gasteiger partial charge in [-0.05, 0) is 30.3 Å². The fourth-order valence-corrected chi connectivity index (χ4v) is 2.20. The Bertz CT molecular complexity index is 935. The highest BCUT2D eigenvalue weighted by molar-refractivity contribution is 5.98. The summed E-state index contributed by atoms with van der Waals surface area (Å²) in [4.78, 5) is 26.0. The third-order valence-electron chi connectivity index (χ3n) is 3.33. The standard InChI is InChI=1S/C16H11NO7/c18-8-1-2-14(9(5-8)15(21)22)24-16(23)11-3-7-4-12(19)13(20)6-10(7)17-11/h1-6,17-20H,(H,21,22). The Labute approximate surface area is 134 Å². The molecule has 8 heteroatoms. The van der Waals surface area contributed by atoms with E-state index < -0.39 is 11.9 Å². The molecule has 2 aromatic carbocycles. The maximum absolute atomic E-state index is 12.2. The number of hydrogen-bond donors (Lipinski definition) is 5. The van der Waals surface area contributed by atoms with Gasteiger partial charge in [0.15, 0.2) is 11.5 Å². The molecule has 5 N–H and O–H groups in total. The fraction of sp³-hybridized carbons (Fsp3) is 0. The molecule has 3 rings (SSSR count). The first-order valence-corrected chi connectivity index (χ1v) is 6.68. The highest BCUT2D eigenvalue weighted by atomic mass is 16.5. The molecule has 0 spiro atoms. The third kappa shape index (κ3) is 2.68. The van der Waals surface area contributed by atoms with Gasteiger partial charge >= 0.3 is 11.9 Å². The molecule has 1 heterocycles. The summed E-state index contributed by atoms with van der Waals surface area (Å²) in [6, 6.07) is 7.21. The van der Waals surface area contributed by atoms with Crippen molar-refractivity contribution in [2.24, 2.45) is 0 Å². The number of nitrogens with one attached hydrogen (secondary N) is 1. The van der Waals surface area contributed by atoms with Crippen molar-refractivity contribution in [3.63, 3.8) is 0 Å². The molecule has 3 aromatic rings. The summed E-state index contributed by atoms with van der Waals surface area (Å²) in [5.74, 6) is -3.42. The van der Waals surface area contributed by atoms with E-state index >= 15 is 0 Å². The number of aromatic nitrogens is 1. The zero-order valence-electron chi connectivity index (χ0n) is 12.0. The number of hydrogen-bond acceptors (Lipinski definition) is 6. The average Bonchev–Trinajstić information content (AvgIpc) is 2.92. The fourth-order valence-electron chi connectivity index (χ4n) is 2.20. The Hall–Kier alpha value is -3.68. The number of esters is 1. The van der Waals surface area contributed by atoms with Crippen molar-refractivity contribution in [3.05, 3.63) is 47.7 Å². The molecule has 0 bridgehead atoms. The maximum atomic E-state index is 12.2. The number of carbonyl (C=O) groups excluding carboxylic acids is 1. The molecule has 1 aromatic heterocycles. The highest BCUT2D eigenvalue weighted by Crippen LogP contribution is 2.31. The van der Waals surface area contributed by atoms with Crippen LogP contribution in [0.3, 0.4) is 0 Å². The molecule has 24 heavy (non-hydrogen) atoms. The zero-order chi connectivity index (χ0) is 17.4. The molecule has 0 radical (unpaired) electrons. The third-order valence-corrected chi connectivity index (χ3v) is 3.33. The molecule has 0 amide bonds. The minimum absolute atomic E-state index is 0.000543. The predicted octanol–water partition coefficient (Wildman–Crippen LogP) is 2.20. The molecule has 122 valence electrons. The van der Waals surface area contributed by atoms with Crippen molar-refractivity contribution in [3.8, 4) is 23.0 Å². The van der Waals surface area contributed by atoms with Crippen LogP contribution in [0.1, 0.15) is 20.8 Å². The topological polar surface area (TPSA) is 140 Å². The van der Waals surface area contributed by atoms with Gasteiger partial charge in [-0.3, -0.25) is 0 Å². The monoisotopic (exact) mass is 329 g/mol. The number of carbonyl (C=O) groups is 2. The first kappa shape index (κ1) is 15.2. The number of aromatic amines is 1. The van der Waals surface area contributed by atoms with Crippen LogP contribution in [0.15, 0.2) is 36.4 Å². The molecule has 0 aliphatic heterocycles. The van der Waals surface area contributed by atoms with Crippen molar-refractivity contribution in [1.82, 2.24) is 4.98 Å². The van der Waals surface area contributed by atoms with Crippen LogP contribution in [0.4, 0.5) is 0 Å². The smallest absolute Gasteiger partial charge is 0.360 e. The summed E-state index contributed by atoms with van der Waals surface area (Å²) in [5, 5.41) is 37.8. The Morgan fingerprint density at radius 1 is 0.958 bits per heavy atom. The number of phenols is 3. The largest absolute Gasteiger partial charge is 0.508 e. The second kappa shape index (κ2) is 5.51. The SMILES string of the molecule is O=C(Oc1ccc(O)cc1C(=O)O)c1cc2cc(O)c(O)cc2[nH]1. The normalized spacial score (nSPS) is 10.7. The second-order valence-electron chi connectivity index (χ2n) is 4.99. The van der Waals surface area contributed by atoms with E-state index in [-0.39, 0.29) is 34.3 Å². The highest BCUT2D eigenvalue weighted by Gasteiger charge is 2.18. The van der Waals surface area contributed by atoms with Crippen molar-refractivity contribution < 1.29 is 34.8 Å².